The molecular weight excluding hydrogens is 326 g/mol. The molecule has 3 rings (SSSR count). The molecule has 0 radical (unpaired) electrons. The van der Waals surface area contributed by atoms with Gasteiger partial charge >= 0.3 is 6.09 Å². The van der Waals surface area contributed by atoms with E-state index in [0.29, 0.717) is 13.0 Å². The number of nitrogens with zero attached hydrogens (tertiary/aromatic N) is 2. The van der Waals surface area contributed by atoms with Gasteiger partial charge < -0.3 is 15.4 Å². The number of piperidine rings is 1. The lowest BCUT2D eigenvalue weighted by Gasteiger charge is -2.43. The molecule has 1 saturated heterocycles. The third kappa shape index (κ3) is 4.41. The Morgan fingerprint density at radius 3 is 2.81 bits per heavy atom. The first-order valence-electron chi connectivity index (χ1n) is 9.23. The highest BCUT2D eigenvalue weighted by Gasteiger charge is 2.30. The predicted molar refractivity (Wildman–Crippen MR) is 103 cm³/mol. The quantitative estimate of drug-likeness (QED) is 0.799. The topological polar surface area (TPSA) is 66.2 Å². The predicted octanol–water partition coefficient (Wildman–Crippen LogP) is 4.72. The van der Waals surface area contributed by atoms with Crippen LogP contribution in [0.5, 0.6) is 0 Å². The summed E-state index contributed by atoms with van der Waals surface area (Å²) in [4.78, 5) is 18.7. The molecule has 2 atom stereocenters. The standard InChI is InChI=1S/C21H26N3O2/c1-15(2)26-21(25)24-12-6-9-18(22)20(24)14-16-10-11-23-19(13-16)17-7-4-3-5-8-17/h3-5,7-8,10-11,13,15,18,20,22H,6,9,12,14H2,1-2H3/q-1. The fourth-order valence-electron chi connectivity index (χ4n) is 3.41. The molecule has 2 heterocycles. The molecule has 1 N–H and O–H groups in total. The second-order valence-corrected chi connectivity index (χ2v) is 7.06. The van der Waals surface area contributed by atoms with Crippen molar-refractivity contribution in [2.45, 2.75) is 51.3 Å². The summed E-state index contributed by atoms with van der Waals surface area (Å²) in [5.41, 5.74) is 11.5. The van der Waals surface area contributed by atoms with Crippen LogP contribution in [0.25, 0.3) is 17.0 Å². The van der Waals surface area contributed by atoms with Crippen LogP contribution in [0.4, 0.5) is 4.79 Å². The van der Waals surface area contributed by atoms with Gasteiger partial charge in [-0.2, -0.15) is 0 Å². The number of carbonyl (C=O) groups is 1. The highest BCUT2D eigenvalue weighted by atomic mass is 16.6. The third-order valence-electron chi connectivity index (χ3n) is 4.69. The van der Waals surface area contributed by atoms with Crippen molar-refractivity contribution in [1.82, 2.24) is 9.88 Å². The molecule has 0 bridgehead atoms. The van der Waals surface area contributed by atoms with Gasteiger partial charge in [0.1, 0.15) is 0 Å². The molecule has 0 saturated carbocycles. The van der Waals surface area contributed by atoms with Gasteiger partial charge in [0.05, 0.1) is 11.8 Å². The highest BCUT2D eigenvalue weighted by Crippen LogP contribution is 2.26. The smallest absolute Gasteiger partial charge is 0.410 e. The second kappa shape index (κ2) is 8.32. The number of carbonyl (C=O) groups excluding carboxylic acids is 1. The van der Waals surface area contributed by atoms with Crippen LogP contribution in [0.1, 0.15) is 32.3 Å². The van der Waals surface area contributed by atoms with Gasteiger partial charge in [-0.05, 0) is 44.4 Å². The van der Waals surface area contributed by atoms with Crippen molar-refractivity contribution in [1.29, 1.82) is 0 Å². The molecule has 0 spiro atoms. The molecule has 5 heteroatoms. The van der Waals surface area contributed by atoms with Gasteiger partial charge in [0, 0.05) is 24.3 Å². The highest BCUT2D eigenvalue weighted by molar-refractivity contribution is 5.68. The maximum atomic E-state index is 12.5. The van der Waals surface area contributed by atoms with Crippen molar-refractivity contribution in [2.75, 3.05) is 6.54 Å². The van der Waals surface area contributed by atoms with Gasteiger partial charge in [-0.1, -0.05) is 36.8 Å². The first-order valence-corrected chi connectivity index (χ1v) is 9.23. The summed E-state index contributed by atoms with van der Waals surface area (Å²) < 4.78 is 5.39. The van der Waals surface area contributed by atoms with Crippen LogP contribution in [0.3, 0.4) is 0 Å². The number of benzene rings is 1. The van der Waals surface area contributed by atoms with E-state index in [2.05, 4.69) is 11.1 Å². The number of ether oxygens (including phenoxy) is 1. The Morgan fingerprint density at radius 2 is 2.08 bits per heavy atom. The van der Waals surface area contributed by atoms with Gasteiger partial charge in [0.15, 0.2) is 0 Å². The van der Waals surface area contributed by atoms with Crippen LogP contribution >= 0.6 is 0 Å². The maximum Gasteiger partial charge on any atom is 0.410 e. The second-order valence-electron chi connectivity index (χ2n) is 7.06. The van der Waals surface area contributed by atoms with E-state index in [9.17, 15) is 4.79 Å². The Labute approximate surface area is 155 Å². The zero-order valence-electron chi connectivity index (χ0n) is 15.4. The number of aromatic nitrogens is 1. The normalized spacial score (nSPS) is 20.2. The van der Waals surface area contributed by atoms with Crippen LogP contribution in [0.15, 0.2) is 48.7 Å². The number of pyridine rings is 1. The number of amides is 1. The molecule has 1 aromatic heterocycles. The SMILES string of the molecule is CC(C)OC(=O)N1CCCC([NH-])C1Cc1ccnc(-c2ccccc2)c1. The summed E-state index contributed by atoms with van der Waals surface area (Å²) in [5, 5.41) is 0. The van der Waals surface area contributed by atoms with E-state index in [1.165, 1.54) is 0 Å². The molecule has 2 aromatic rings. The molecule has 138 valence electrons. The first-order chi connectivity index (χ1) is 12.5. The lowest BCUT2D eigenvalue weighted by atomic mass is 9.91. The van der Waals surface area contributed by atoms with E-state index in [0.717, 1.165) is 29.7 Å². The Balaban J connectivity index is 1.80. The molecule has 26 heavy (non-hydrogen) atoms. The lowest BCUT2D eigenvalue weighted by Crippen LogP contribution is -2.51. The molecule has 1 aliphatic heterocycles. The van der Waals surface area contributed by atoms with Crippen molar-refractivity contribution in [3.05, 3.63) is 60.0 Å². The molecule has 1 aromatic carbocycles. The summed E-state index contributed by atoms with van der Waals surface area (Å²) in [5.74, 6) is 0. The number of nitrogens with one attached hydrogen (secondary N) is 1. The molecule has 5 nitrogen and oxygen atoms in total. The number of rotatable bonds is 4. The summed E-state index contributed by atoms with van der Waals surface area (Å²) in [7, 11) is 0. The van der Waals surface area contributed by atoms with Crippen LogP contribution in [0, 0.1) is 0 Å². The minimum atomic E-state index is -0.306. The van der Waals surface area contributed by atoms with E-state index < -0.39 is 0 Å². The number of hydrogen-bond acceptors (Lipinski definition) is 3. The van der Waals surface area contributed by atoms with Gasteiger partial charge in [0.2, 0.25) is 0 Å². The van der Waals surface area contributed by atoms with Crippen molar-refractivity contribution >= 4 is 6.09 Å². The van der Waals surface area contributed by atoms with Crippen LogP contribution < -0.4 is 0 Å². The van der Waals surface area contributed by atoms with Crippen molar-refractivity contribution in [3.8, 4) is 11.3 Å². The summed E-state index contributed by atoms with van der Waals surface area (Å²) in [6.45, 7) is 4.36. The number of hydrogen-bond donors (Lipinski definition) is 0. The molecule has 1 aliphatic rings. The van der Waals surface area contributed by atoms with E-state index in [1.54, 1.807) is 11.1 Å². The monoisotopic (exact) mass is 352 g/mol. The van der Waals surface area contributed by atoms with E-state index in [4.69, 9.17) is 10.5 Å². The van der Waals surface area contributed by atoms with Crippen molar-refractivity contribution < 1.29 is 9.53 Å². The Bertz CT molecular complexity index is 733. The zero-order valence-corrected chi connectivity index (χ0v) is 15.4. The van der Waals surface area contributed by atoms with Crippen molar-refractivity contribution in [3.63, 3.8) is 0 Å². The summed E-state index contributed by atoms with van der Waals surface area (Å²) in [6, 6.07) is 13.6. The zero-order chi connectivity index (χ0) is 18.5. The molecule has 2 unspecified atom stereocenters. The first kappa shape index (κ1) is 18.4. The van der Waals surface area contributed by atoms with Crippen LogP contribution in [-0.2, 0) is 11.2 Å². The largest absolute Gasteiger partial charge is 0.673 e. The minimum absolute atomic E-state index is 0.153. The maximum absolute atomic E-state index is 12.5. The Kier molecular flexibility index (Phi) is 5.89. The lowest BCUT2D eigenvalue weighted by molar-refractivity contribution is 0.0514. The molecule has 1 amide bonds. The Hall–Kier alpha value is -2.40. The third-order valence-corrected chi connectivity index (χ3v) is 4.69. The molecule has 1 fully saturated rings. The number of likely N-dealkylation sites (tertiary alicyclic amines) is 1. The fourth-order valence-corrected chi connectivity index (χ4v) is 3.41. The molecular formula is C21H26N3O2-. The summed E-state index contributed by atoms with van der Waals surface area (Å²) >= 11 is 0. The van der Waals surface area contributed by atoms with Crippen LogP contribution in [-0.4, -0.2) is 40.7 Å². The fraction of sp³-hybridized carbons (Fsp3) is 0.429. The van der Waals surface area contributed by atoms with Gasteiger partial charge in [-0.25, -0.2) is 4.79 Å². The van der Waals surface area contributed by atoms with Gasteiger partial charge in [-0.15, -0.1) is 6.04 Å². The van der Waals surface area contributed by atoms with Crippen molar-refractivity contribution in [2.24, 2.45) is 0 Å². The Morgan fingerprint density at radius 1 is 1.31 bits per heavy atom. The molecule has 0 aliphatic carbocycles. The van der Waals surface area contributed by atoms with E-state index >= 15 is 0 Å². The van der Waals surface area contributed by atoms with E-state index in [1.807, 2.05) is 50.2 Å². The van der Waals surface area contributed by atoms with E-state index in [-0.39, 0.29) is 24.3 Å². The van der Waals surface area contributed by atoms with Crippen LogP contribution in [0.2, 0.25) is 0 Å². The summed E-state index contributed by atoms with van der Waals surface area (Å²) in [6.07, 6.45) is 3.65. The minimum Gasteiger partial charge on any atom is -0.673 e. The average Bonchev–Trinajstić information content (AvgIpc) is 2.64. The average molecular weight is 352 g/mol. The van der Waals surface area contributed by atoms with Gasteiger partial charge in [0.25, 0.3) is 0 Å². The van der Waals surface area contributed by atoms with Gasteiger partial charge in [-0.3, -0.25) is 4.98 Å².